The van der Waals surface area contributed by atoms with Crippen molar-refractivity contribution in [2.45, 2.75) is 6.42 Å². The van der Waals surface area contributed by atoms with Crippen LogP contribution in [0, 0.1) is 5.92 Å². The highest BCUT2D eigenvalue weighted by Crippen LogP contribution is 2.23. The molecule has 1 aromatic carbocycles. The minimum Gasteiger partial charge on any atom is -0.464 e. The van der Waals surface area contributed by atoms with E-state index < -0.39 is 0 Å². The van der Waals surface area contributed by atoms with Crippen LogP contribution in [-0.2, 0) is 11.2 Å². The van der Waals surface area contributed by atoms with Gasteiger partial charge in [0.05, 0.1) is 12.2 Å². The van der Waals surface area contributed by atoms with Gasteiger partial charge in [0.15, 0.2) is 0 Å². The standard InChI is InChI=1S/C13H16N2O2/c1-15-13(16)9(7-14)6-10-8-17-12-5-3-2-4-11(10)12/h2-5,8-9H,6-7,14H2,1H3,(H,15,16). The third kappa shape index (κ3) is 2.31. The number of nitrogens with one attached hydrogen (secondary N) is 1. The van der Waals surface area contributed by atoms with Gasteiger partial charge >= 0.3 is 0 Å². The van der Waals surface area contributed by atoms with E-state index in [-0.39, 0.29) is 11.8 Å². The zero-order chi connectivity index (χ0) is 12.3. The first kappa shape index (κ1) is 11.7. The van der Waals surface area contributed by atoms with E-state index in [0.29, 0.717) is 13.0 Å². The normalized spacial score (nSPS) is 12.6. The van der Waals surface area contributed by atoms with E-state index in [1.54, 1.807) is 13.3 Å². The number of furan rings is 1. The van der Waals surface area contributed by atoms with Gasteiger partial charge in [-0.3, -0.25) is 4.79 Å². The number of rotatable bonds is 4. The van der Waals surface area contributed by atoms with Crippen molar-refractivity contribution in [3.05, 3.63) is 36.1 Å². The first-order valence-electron chi connectivity index (χ1n) is 5.63. The molecule has 0 radical (unpaired) electrons. The summed E-state index contributed by atoms with van der Waals surface area (Å²) in [6.07, 6.45) is 2.31. The van der Waals surface area contributed by atoms with Crippen LogP contribution < -0.4 is 11.1 Å². The maximum absolute atomic E-state index is 11.6. The van der Waals surface area contributed by atoms with Crippen LogP contribution in [0.25, 0.3) is 11.0 Å². The summed E-state index contributed by atoms with van der Waals surface area (Å²) < 4.78 is 5.44. The Labute approximate surface area is 99.8 Å². The molecule has 4 heteroatoms. The molecule has 17 heavy (non-hydrogen) atoms. The number of hydrogen-bond acceptors (Lipinski definition) is 3. The number of carbonyl (C=O) groups is 1. The second-order valence-electron chi connectivity index (χ2n) is 4.01. The Morgan fingerprint density at radius 2 is 2.24 bits per heavy atom. The van der Waals surface area contributed by atoms with Crippen LogP contribution in [-0.4, -0.2) is 19.5 Å². The zero-order valence-electron chi connectivity index (χ0n) is 9.77. The molecule has 90 valence electrons. The SMILES string of the molecule is CNC(=O)C(CN)Cc1coc2ccccc12. The second-order valence-corrected chi connectivity index (χ2v) is 4.01. The van der Waals surface area contributed by atoms with Crippen molar-refractivity contribution in [1.82, 2.24) is 5.32 Å². The Hall–Kier alpha value is -1.81. The maximum Gasteiger partial charge on any atom is 0.224 e. The lowest BCUT2D eigenvalue weighted by Gasteiger charge is -2.11. The fraction of sp³-hybridized carbons (Fsp3) is 0.308. The average Bonchev–Trinajstić information content (AvgIpc) is 2.78. The Morgan fingerprint density at radius 1 is 1.47 bits per heavy atom. The van der Waals surface area contributed by atoms with Crippen LogP contribution in [0.5, 0.6) is 0 Å². The monoisotopic (exact) mass is 232 g/mol. The number of carbonyl (C=O) groups excluding carboxylic acids is 1. The molecule has 1 amide bonds. The summed E-state index contributed by atoms with van der Waals surface area (Å²) in [6, 6.07) is 7.79. The van der Waals surface area contributed by atoms with Crippen LogP contribution in [0.15, 0.2) is 34.9 Å². The van der Waals surface area contributed by atoms with Crippen LogP contribution in [0.4, 0.5) is 0 Å². The Kier molecular flexibility index (Phi) is 3.44. The first-order valence-corrected chi connectivity index (χ1v) is 5.63. The molecule has 2 aromatic rings. The molecule has 0 saturated heterocycles. The summed E-state index contributed by atoms with van der Waals surface area (Å²) >= 11 is 0. The van der Waals surface area contributed by atoms with Crippen molar-refractivity contribution in [3.63, 3.8) is 0 Å². The largest absolute Gasteiger partial charge is 0.464 e. The summed E-state index contributed by atoms with van der Waals surface area (Å²) in [7, 11) is 1.62. The van der Waals surface area contributed by atoms with Crippen LogP contribution in [0.1, 0.15) is 5.56 Å². The lowest BCUT2D eigenvalue weighted by molar-refractivity contribution is -0.124. The van der Waals surface area contributed by atoms with E-state index in [1.807, 2.05) is 24.3 Å². The first-order chi connectivity index (χ1) is 8.26. The quantitative estimate of drug-likeness (QED) is 0.834. The lowest BCUT2D eigenvalue weighted by Crippen LogP contribution is -2.34. The van der Waals surface area contributed by atoms with E-state index in [1.165, 1.54) is 0 Å². The molecular formula is C13H16N2O2. The predicted octanol–water partition coefficient (Wildman–Crippen LogP) is 1.30. The van der Waals surface area contributed by atoms with Crippen molar-refractivity contribution in [1.29, 1.82) is 0 Å². The number of nitrogens with two attached hydrogens (primary N) is 1. The highest BCUT2D eigenvalue weighted by Gasteiger charge is 2.18. The molecule has 0 aliphatic heterocycles. The number of hydrogen-bond donors (Lipinski definition) is 2. The summed E-state index contributed by atoms with van der Waals surface area (Å²) in [5.74, 6) is -0.237. The van der Waals surface area contributed by atoms with Crippen molar-refractivity contribution < 1.29 is 9.21 Å². The zero-order valence-corrected chi connectivity index (χ0v) is 9.77. The van der Waals surface area contributed by atoms with E-state index in [2.05, 4.69) is 5.32 Å². The van der Waals surface area contributed by atoms with Gasteiger partial charge in [0.2, 0.25) is 5.91 Å². The van der Waals surface area contributed by atoms with E-state index in [0.717, 1.165) is 16.5 Å². The number of benzene rings is 1. The van der Waals surface area contributed by atoms with Crippen LogP contribution >= 0.6 is 0 Å². The van der Waals surface area contributed by atoms with Crippen molar-refractivity contribution in [2.24, 2.45) is 11.7 Å². The molecular weight excluding hydrogens is 216 g/mol. The third-order valence-corrected chi connectivity index (χ3v) is 2.93. The average molecular weight is 232 g/mol. The van der Waals surface area contributed by atoms with E-state index in [9.17, 15) is 4.79 Å². The van der Waals surface area contributed by atoms with Gasteiger partial charge in [-0.2, -0.15) is 0 Å². The van der Waals surface area contributed by atoms with Gasteiger partial charge in [-0.05, 0) is 18.1 Å². The van der Waals surface area contributed by atoms with E-state index in [4.69, 9.17) is 10.2 Å². The minimum absolute atomic E-state index is 0.0298. The molecule has 4 nitrogen and oxygen atoms in total. The summed E-state index contributed by atoms with van der Waals surface area (Å²) in [4.78, 5) is 11.6. The highest BCUT2D eigenvalue weighted by atomic mass is 16.3. The van der Waals surface area contributed by atoms with Crippen molar-refractivity contribution >= 4 is 16.9 Å². The molecule has 1 unspecified atom stereocenters. The van der Waals surface area contributed by atoms with Gasteiger partial charge in [-0.1, -0.05) is 18.2 Å². The minimum atomic E-state index is -0.207. The molecule has 0 fully saturated rings. The number of para-hydroxylation sites is 1. The summed E-state index contributed by atoms with van der Waals surface area (Å²) in [5.41, 5.74) is 7.49. The summed E-state index contributed by atoms with van der Waals surface area (Å²) in [6.45, 7) is 0.333. The fourth-order valence-corrected chi connectivity index (χ4v) is 1.94. The molecule has 0 aliphatic rings. The van der Waals surface area contributed by atoms with Gasteiger partial charge < -0.3 is 15.5 Å². The molecule has 0 saturated carbocycles. The smallest absolute Gasteiger partial charge is 0.224 e. The molecule has 0 aliphatic carbocycles. The van der Waals surface area contributed by atoms with Gasteiger partial charge in [-0.15, -0.1) is 0 Å². The maximum atomic E-state index is 11.6. The third-order valence-electron chi connectivity index (χ3n) is 2.93. The van der Waals surface area contributed by atoms with E-state index >= 15 is 0 Å². The molecule has 1 heterocycles. The Balaban J connectivity index is 2.25. The van der Waals surface area contributed by atoms with Crippen LogP contribution in [0.3, 0.4) is 0 Å². The number of amides is 1. The molecule has 1 atom stereocenters. The highest BCUT2D eigenvalue weighted by molar-refractivity contribution is 5.83. The molecule has 3 N–H and O–H groups in total. The predicted molar refractivity (Wildman–Crippen MR) is 66.5 cm³/mol. The second kappa shape index (κ2) is 5.01. The molecule has 1 aromatic heterocycles. The molecule has 0 spiro atoms. The Morgan fingerprint density at radius 3 is 2.94 bits per heavy atom. The van der Waals surface area contributed by atoms with Gasteiger partial charge in [0.1, 0.15) is 5.58 Å². The van der Waals surface area contributed by atoms with Gasteiger partial charge in [0.25, 0.3) is 0 Å². The van der Waals surface area contributed by atoms with Gasteiger partial charge in [-0.25, -0.2) is 0 Å². The summed E-state index contributed by atoms with van der Waals surface area (Å²) in [5, 5.41) is 3.68. The van der Waals surface area contributed by atoms with Crippen molar-refractivity contribution in [3.8, 4) is 0 Å². The van der Waals surface area contributed by atoms with Gasteiger partial charge in [0, 0.05) is 19.0 Å². The van der Waals surface area contributed by atoms with Crippen molar-refractivity contribution in [2.75, 3.05) is 13.6 Å². The lowest BCUT2D eigenvalue weighted by atomic mass is 9.98. The molecule has 2 rings (SSSR count). The topological polar surface area (TPSA) is 68.3 Å². The molecule has 0 bridgehead atoms. The fourth-order valence-electron chi connectivity index (χ4n) is 1.94. The Bertz CT molecular complexity index is 519. The van der Waals surface area contributed by atoms with Crippen LogP contribution in [0.2, 0.25) is 0 Å². The number of fused-ring (bicyclic) bond motifs is 1.